The number of methoxy groups -OCH3 is 1. The van der Waals surface area contributed by atoms with Crippen molar-refractivity contribution in [3.8, 4) is 23.7 Å². The number of aromatic nitrogens is 11. The second kappa shape index (κ2) is 23.5. The van der Waals surface area contributed by atoms with Crippen molar-refractivity contribution in [2.24, 2.45) is 0 Å². The number of carbonyl (C=O) groups is 2. The molecule has 0 saturated heterocycles. The van der Waals surface area contributed by atoms with E-state index in [2.05, 4.69) is 80.2 Å². The van der Waals surface area contributed by atoms with Gasteiger partial charge in [-0.2, -0.15) is 23.4 Å². The number of benzene rings is 3. The van der Waals surface area contributed by atoms with Gasteiger partial charge in [-0.1, -0.05) is 56.0 Å². The summed E-state index contributed by atoms with van der Waals surface area (Å²) in [6, 6.07) is 16.5. The number of halogens is 3. The van der Waals surface area contributed by atoms with Gasteiger partial charge in [-0.25, -0.2) is 19.9 Å². The third kappa shape index (κ3) is 13.1. The average molecular weight is 1100 g/mol. The zero-order chi connectivity index (χ0) is 56.7. The Kier molecular flexibility index (Phi) is 15.7. The molecular weight excluding hydrogens is 1040 g/mol. The average Bonchev–Trinajstić information content (AvgIpc) is 4.41. The Morgan fingerprint density at radius 2 is 1.27 bits per heavy atom. The Hall–Kier alpha value is -10.1. The van der Waals surface area contributed by atoms with Crippen molar-refractivity contribution in [2.75, 3.05) is 48.2 Å². The number of amides is 2. The normalized spacial score (nSPS) is 11.5. The Morgan fingerprint density at radius 3 is 1.89 bits per heavy atom. The van der Waals surface area contributed by atoms with Gasteiger partial charge in [0.15, 0.2) is 28.6 Å². The third-order valence-electron chi connectivity index (χ3n) is 12.6. The van der Waals surface area contributed by atoms with E-state index in [-0.39, 0.29) is 16.7 Å². The summed E-state index contributed by atoms with van der Waals surface area (Å²) in [5.41, 5.74) is 6.36. The zero-order valence-corrected chi connectivity index (χ0v) is 44.5. The van der Waals surface area contributed by atoms with Crippen LogP contribution in [0.1, 0.15) is 86.6 Å². The number of aryl methyl sites for hydroxylation is 1. The summed E-state index contributed by atoms with van der Waals surface area (Å²) in [6.07, 6.45) is 13.1. The van der Waals surface area contributed by atoms with E-state index in [9.17, 15) is 22.8 Å². The fourth-order valence-electron chi connectivity index (χ4n) is 8.26. The molecule has 81 heavy (non-hydrogen) atoms. The van der Waals surface area contributed by atoms with Crippen molar-refractivity contribution < 1.29 is 36.8 Å². The molecule has 7 heterocycles. The number of carbonyl (C=O) groups excluding carboxylic acids is 2. The number of hydrogen-bond donors (Lipinski definition) is 4. The van der Waals surface area contributed by atoms with E-state index in [1.165, 1.54) is 12.1 Å². The highest BCUT2D eigenvalue weighted by molar-refractivity contribution is 6.04. The molecule has 0 bridgehead atoms. The van der Waals surface area contributed by atoms with Crippen LogP contribution in [0.25, 0.3) is 11.3 Å². The number of nitrogens with one attached hydrogen (secondary N) is 4. The number of nitrogens with zero attached hydrogens (tertiary/aromatic N) is 11. The summed E-state index contributed by atoms with van der Waals surface area (Å²) in [7, 11) is 1.64. The van der Waals surface area contributed by atoms with Gasteiger partial charge < -0.3 is 35.3 Å². The summed E-state index contributed by atoms with van der Waals surface area (Å²) in [5, 5.41) is 25.1. The predicted octanol–water partition coefficient (Wildman–Crippen LogP) is 9.47. The van der Waals surface area contributed by atoms with Gasteiger partial charge in [-0.15, -0.1) is 0 Å². The van der Waals surface area contributed by atoms with Gasteiger partial charge in [0.2, 0.25) is 0 Å². The molecule has 4 N–H and O–H groups in total. The molecule has 2 amide bonds. The highest BCUT2D eigenvalue weighted by Gasteiger charge is 2.31. The highest BCUT2D eigenvalue weighted by Crippen LogP contribution is 2.30. The van der Waals surface area contributed by atoms with Crippen LogP contribution in [0.2, 0.25) is 0 Å². The molecular formula is C58H52F3N15O5. The van der Waals surface area contributed by atoms with Crippen molar-refractivity contribution in [2.45, 2.75) is 58.8 Å². The van der Waals surface area contributed by atoms with E-state index >= 15 is 0 Å². The monoisotopic (exact) mass is 1100 g/mol. The van der Waals surface area contributed by atoms with Crippen molar-refractivity contribution >= 4 is 57.5 Å². The van der Waals surface area contributed by atoms with E-state index in [4.69, 9.17) is 14.0 Å². The number of ether oxygens (including phenoxy) is 2. The molecule has 0 radical (unpaired) electrons. The van der Waals surface area contributed by atoms with Crippen LogP contribution in [0.5, 0.6) is 0 Å². The molecule has 410 valence electrons. The predicted molar refractivity (Wildman–Crippen MR) is 296 cm³/mol. The fraction of sp³-hybridized carbons (Fsp3) is 0.224. The van der Waals surface area contributed by atoms with Gasteiger partial charge in [0.05, 0.1) is 74.6 Å². The second-order valence-electron chi connectivity index (χ2n) is 19.5. The van der Waals surface area contributed by atoms with Crippen LogP contribution < -0.4 is 21.3 Å². The smallest absolute Gasteiger partial charge is 0.383 e. The van der Waals surface area contributed by atoms with Gasteiger partial charge in [-0.05, 0) is 78.8 Å². The first-order valence-electron chi connectivity index (χ1n) is 25.4. The number of anilines is 6. The first-order chi connectivity index (χ1) is 39.0. The Morgan fingerprint density at radius 1 is 0.667 bits per heavy atom. The van der Waals surface area contributed by atoms with Crippen LogP contribution >= 0.6 is 0 Å². The molecule has 0 fully saturated rings. The minimum absolute atomic E-state index is 0.123. The second-order valence-corrected chi connectivity index (χ2v) is 19.5. The molecule has 10 rings (SSSR count). The molecule has 23 heteroatoms. The van der Waals surface area contributed by atoms with Crippen LogP contribution in [0.4, 0.5) is 47.6 Å². The lowest BCUT2D eigenvalue weighted by atomic mass is 9.93. The lowest BCUT2D eigenvalue weighted by Crippen LogP contribution is -2.14. The molecule has 7 aromatic heterocycles. The van der Waals surface area contributed by atoms with Crippen LogP contribution in [-0.4, -0.2) is 92.2 Å². The van der Waals surface area contributed by atoms with Crippen LogP contribution in [0.3, 0.4) is 0 Å². The van der Waals surface area contributed by atoms with Crippen LogP contribution in [0.15, 0.2) is 133 Å². The minimum Gasteiger partial charge on any atom is -0.383 e. The van der Waals surface area contributed by atoms with E-state index in [1.807, 2.05) is 62.7 Å². The first kappa shape index (κ1) is 54.3. The largest absolute Gasteiger partial charge is 0.416 e. The maximum atomic E-state index is 13.3. The van der Waals surface area contributed by atoms with Crippen molar-refractivity contribution in [3.05, 3.63) is 185 Å². The Bertz CT molecular complexity index is 4070. The summed E-state index contributed by atoms with van der Waals surface area (Å²) in [5.74, 6) is 13.4. The number of alkyl halides is 3. The first-order valence-corrected chi connectivity index (χ1v) is 25.4. The molecule has 0 saturated carbocycles. The number of imidazole rings is 2. The summed E-state index contributed by atoms with van der Waals surface area (Å²) in [6.45, 7) is 10.1. The van der Waals surface area contributed by atoms with Crippen molar-refractivity contribution in [1.82, 2.24) is 53.5 Å². The topological polar surface area (TPSA) is 223 Å². The van der Waals surface area contributed by atoms with E-state index in [0.717, 1.165) is 28.9 Å². The molecule has 3 aromatic carbocycles. The van der Waals surface area contributed by atoms with Gasteiger partial charge in [0.25, 0.3) is 11.8 Å². The maximum absolute atomic E-state index is 13.3. The minimum atomic E-state index is -4.58. The fourth-order valence-corrected chi connectivity index (χ4v) is 8.26. The third-order valence-corrected chi connectivity index (χ3v) is 12.6. The standard InChI is InChI=1S/C58H52F3N15O5/c1-37-9-13-43(70-55(77)41-7-6-8-42(27-41)58(59,60)61)28-39(37)11-15-47-33-64-53-51(62-18-20-75(47)53)69-46-32-67-74(36-46)23-26-80-24-17-38-10-14-44(71-56(78)49-30-50(81-72-49)57(2,3)4)29-40(38)12-16-48-34-65-54-52(63-19-21-76(48)54)68-45-31-66-73(35-45)22-25-79-5/h6-10,13-14,18-21,27-36H,17,22-26H2,1-5H3,(H,62,69)(H,63,68)(H,70,77)(H,71,78). The maximum Gasteiger partial charge on any atom is 0.416 e. The number of hydrogen-bond acceptors (Lipinski definition) is 14. The van der Waals surface area contributed by atoms with Crippen molar-refractivity contribution in [3.63, 3.8) is 0 Å². The summed E-state index contributed by atoms with van der Waals surface area (Å²) in [4.78, 5) is 44.5. The molecule has 0 atom stereocenters. The Labute approximate surface area is 461 Å². The van der Waals surface area contributed by atoms with Gasteiger partial charge in [-0.3, -0.25) is 27.8 Å². The van der Waals surface area contributed by atoms with E-state index in [1.54, 1.807) is 94.7 Å². The van der Waals surface area contributed by atoms with Gasteiger partial charge in [0, 0.05) is 83.8 Å². The van der Waals surface area contributed by atoms with Crippen LogP contribution in [-0.2, 0) is 40.6 Å². The molecule has 0 aliphatic carbocycles. The molecule has 20 nitrogen and oxygen atoms in total. The zero-order valence-electron chi connectivity index (χ0n) is 44.5. The molecule has 10 aromatic rings. The van der Waals surface area contributed by atoms with Gasteiger partial charge in [0.1, 0.15) is 17.1 Å². The molecule has 0 unspecified atom stereocenters. The SMILES string of the molecule is COCCn1cc(Nc2nccn3c(C#Cc4cc(NC(=O)c5cc(C(C)(C)C)on5)ccc4CCOCCn4cc(Nc5nccn6c(C#Cc7cc(NC(=O)c8cccc(C(F)(F)F)c8)ccc7C)cnc56)cn4)cnc23)cn1. The quantitative estimate of drug-likeness (QED) is 0.0493. The van der Waals surface area contributed by atoms with Gasteiger partial charge >= 0.3 is 6.18 Å². The summed E-state index contributed by atoms with van der Waals surface area (Å²) >= 11 is 0. The van der Waals surface area contributed by atoms with E-state index in [0.29, 0.717) is 108 Å². The summed E-state index contributed by atoms with van der Waals surface area (Å²) < 4.78 is 63.7. The van der Waals surface area contributed by atoms with E-state index < -0.39 is 23.6 Å². The van der Waals surface area contributed by atoms with Crippen LogP contribution in [0, 0.1) is 30.6 Å². The van der Waals surface area contributed by atoms with Crippen molar-refractivity contribution in [1.29, 1.82) is 0 Å². The lowest BCUT2D eigenvalue weighted by molar-refractivity contribution is -0.137. The lowest BCUT2D eigenvalue weighted by Gasteiger charge is -2.12. The number of rotatable bonds is 17. The molecule has 0 aliphatic heterocycles. The molecule has 0 spiro atoms. The Balaban J connectivity index is 0.778. The highest BCUT2D eigenvalue weighted by atomic mass is 19.4. The number of fused-ring (bicyclic) bond motifs is 2. The molecule has 0 aliphatic rings.